The van der Waals surface area contributed by atoms with Gasteiger partial charge in [-0.3, -0.25) is 10.2 Å². The summed E-state index contributed by atoms with van der Waals surface area (Å²) in [7, 11) is -3.80. The fourth-order valence-electron chi connectivity index (χ4n) is 2.77. The zero-order valence-corrected chi connectivity index (χ0v) is 15.7. The van der Waals surface area contributed by atoms with Gasteiger partial charge in [-0.1, -0.05) is 26.0 Å². The molecule has 3 rings (SSSR count). The maximum Gasteiger partial charge on any atom is 0.273 e. The number of aromatic nitrogens is 2. The molecular formula is C18H19FN4O3S. The van der Waals surface area contributed by atoms with E-state index in [2.05, 4.69) is 10.4 Å². The summed E-state index contributed by atoms with van der Waals surface area (Å²) < 4.78 is 42.1. The first-order valence-corrected chi connectivity index (χ1v) is 9.85. The number of imidazole rings is 1. The van der Waals surface area contributed by atoms with E-state index >= 15 is 0 Å². The minimum Gasteiger partial charge on any atom is -0.267 e. The molecule has 0 spiro atoms. The van der Waals surface area contributed by atoms with Crippen molar-refractivity contribution in [2.24, 2.45) is 0 Å². The van der Waals surface area contributed by atoms with Crippen LogP contribution in [0.3, 0.4) is 0 Å². The van der Waals surface area contributed by atoms with Crippen LogP contribution < -0.4 is 5.43 Å². The summed E-state index contributed by atoms with van der Waals surface area (Å²) in [6.45, 7) is 3.97. The van der Waals surface area contributed by atoms with Gasteiger partial charge in [-0.15, -0.1) is 0 Å². The Balaban J connectivity index is 1.95. The van der Waals surface area contributed by atoms with E-state index in [1.54, 1.807) is 32.0 Å². The van der Waals surface area contributed by atoms with Crippen LogP contribution in [-0.4, -0.2) is 41.4 Å². The third-order valence-electron chi connectivity index (χ3n) is 4.20. The van der Waals surface area contributed by atoms with E-state index in [1.807, 2.05) is 6.07 Å². The molecule has 9 heteroatoms. The SMILES string of the molecule is CCN(CC)S(=O)(=O)c1ccc(F)c(C(=O)Nn2cnc3ccccc32)c1. The number of carbonyl (C=O) groups excluding carboxylic acids is 1. The molecule has 1 heterocycles. The molecule has 0 radical (unpaired) electrons. The number of nitrogens with zero attached hydrogens (tertiary/aromatic N) is 3. The summed E-state index contributed by atoms with van der Waals surface area (Å²) >= 11 is 0. The third-order valence-corrected chi connectivity index (χ3v) is 6.25. The molecule has 0 aliphatic rings. The maximum absolute atomic E-state index is 14.2. The van der Waals surface area contributed by atoms with Gasteiger partial charge < -0.3 is 0 Å². The molecule has 0 aliphatic carbocycles. The Morgan fingerprint density at radius 3 is 2.59 bits per heavy atom. The van der Waals surface area contributed by atoms with Crippen molar-refractivity contribution in [2.45, 2.75) is 18.7 Å². The highest BCUT2D eigenvalue weighted by Crippen LogP contribution is 2.20. The zero-order valence-electron chi connectivity index (χ0n) is 14.9. The monoisotopic (exact) mass is 390 g/mol. The molecule has 1 aromatic heterocycles. The van der Waals surface area contributed by atoms with Crippen molar-refractivity contribution in [3.05, 3.63) is 60.2 Å². The van der Waals surface area contributed by atoms with Crippen LogP contribution in [-0.2, 0) is 10.0 Å². The summed E-state index contributed by atoms with van der Waals surface area (Å²) in [5.41, 5.74) is 3.46. The molecule has 0 saturated carbocycles. The fraction of sp³-hybridized carbons (Fsp3) is 0.222. The molecule has 2 aromatic carbocycles. The fourth-order valence-corrected chi connectivity index (χ4v) is 4.25. The number of amides is 1. The van der Waals surface area contributed by atoms with Gasteiger partial charge in [0, 0.05) is 13.1 Å². The average molecular weight is 390 g/mol. The summed E-state index contributed by atoms with van der Waals surface area (Å²) in [6, 6.07) is 10.3. The standard InChI is InChI=1S/C18H19FN4O3S/c1-3-22(4-2)27(25,26)13-9-10-15(19)14(11-13)18(24)21-23-12-20-16-7-5-6-8-17(16)23/h5-12H,3-4H2,1-2H3,(H,21,24). The van der Waals surface area contributed by atoms with Gasteiger partial charge in [0.1, 0.15) is 12.1 Å². The molecule has 0 atom stereocenters. The van der Waals surface area contributed by atoms with E-state index in [-0.39, 0.29) is 23.5 Å². The summed E-state index contributed by atoms with van der Waals surface area (Å²) in [4.78, 5) is 16.6. The van der Waals surface area contributed by atoms with Crippen LogP contribution >= 0.6 is 0 Å². The number of para-hydroxylation sites is 2. The van der Waals surface area contributed by atoms with Gasteiger partial charge in [-0.2, -0.15) is 4.31 Å². The van der Waals surface area contributed by atoms with Crippen molar-refractivity contribution in [1.29, 1.82) is 0 Å². The molecule has 7 nitrogen and oxygen atoms in total. The Labute approximate surface area is 156 Å². The number of carbonyl (C=O) groups is 1. The minimum absolute atomic E-state index is 0.131. The molecule has 0 saturated heterocycles. The van der Waals surface area contributed by atoms with E-state index < -0.39 is 21.7 Å². The van der Waals surface area contributed by atoms with Gasteiger partial charge in [0.15, 0.2) is 0 Å². The Kier molecular flexibility index (Phi) is 5.24. The first kappa shape index (κ1) is 19.0. The number of hydrogen-bond acceptors (Lipinski definition) is 4. The lowest BCUT2D eigenvalue weighted by Gasteiger charge is -2.19. The summed E-state index contributed by atoms with van der Waals surface area (Å²) in [5, 5.41) is 0. The molecule has 0 bridgehead atoms. The summed E-state index contributed by atoms with van der Waals surface area (Å²) in [6.07, 6.45) is 1.40. The Hall–Kier alpha value is -2.78. The van der Waals surface area contributed by atoms with Crippen molar-refractivity contribution in [1.82, 2.24) is 14.0 Å². The van der Waals surface area contributed by atoms with Gasteiger partial charge in [0.25, 0.3) is 5.91 Å². The quantitative estimate of drug-likeness (QED) is 0.701. The van der Waals surface area contributed by atoms with Gasteiger partial charge >= 0.3 is 0 Å². The number of rotatable bonds is 6. The molecule has 27 heavy (non-hydrogen) atoms. The van der Waals surface area contributed by atoms with Crippen LogP contribution in [0.1, 0.15) is 24.2 Å². The largest absolute Gasteiger partial charge is 0.273 e. The van der Waals surface area contributed by atoms with E-state index in [0.717, 1.165) is 18.2 Å². The van der Waals surface area contributed by atoms with E-state index in [1.165, 1.54) is 15.3 Å². The lowest BCUT2D eigenvalue weighted by molar-refractivity contribution is 0.100. The van der Waals surface area contributed by atoms with Crippen LogP contribution in [0.25, 0.3) is 11.0 Å². The average Bonchev–Trinajstić information content (AvgIpc) is 3.05. The van der Waals surface area contributed by atoms with Gasteiger partial charge in [-0.25, -0.2) is 22.5 Å². The first-order valence-electron chi connectivity index (χ1n) is 8.41. The second-order valence-electron chi connectivity index (χ2n) is 5.78. The van der Waals surface area contributed by atoms with Crippen LogP contribution in [0.2, 0.25) is 0 Å². The van der Waals surface area contributed by atoms with Crippen LogP contribution in [0, 0.1) is 5.82 Å². The van der Waals surface area contributed by atoms with E-state index in [0.29, 0.717) is 11.0 Å². The molecular weight excluding hydrogens is 371 g/mol. The molecule has 0 aliphatic heterocycles. The molecule has 3 aromatic rings. The zero-order chi connectivity index (χ0) is 19.6. The van der Waals surface area contributed by atoms with Crippen LogP contribution in [0.5, 0.6) is 0 Å². The summed E-state index contributed by atoms with van der Waals surface area (Å²) in [5.74, 6) is -1.58. The van der Waals surface area contributed by atoms with E-state index in [4.69, 9.17) is 0 Å². The maximum atomic E-state index is 14.2. The predicted octanol–water partition coefficient (Wildman–Crippen LogP) is 2.59. The molecule has 142 valence electrons. The molecule has 1 amide bonds. The molecule has 1 N–H and O–H groups in total. The van der Waals surface area contributed by atoms with Crippen LogP contribution in [0.4, 0.5) is 4.39 Å². The Morgan fingerprint density at radius 1 is 1.19 bits per heavy atom. The van der Waals surface area contributed by atoms with E-state index in [9.17, 15) is 17.6 Å². The lowest BCUT2D eigenvalue weighted by atomic mass is 10.2. The van der Waals surface area contributed by atoms with Gasteiger partial charge in [-0.05, 0) is 30.3 Å². The number of hydrogen-bond donors (Lipinski definition) is 1. The number of sulfonamides is 1. The highest BCUT2D eigenvalue weighted by atomic mass is 32.2. The smallest absolute Gasteiger partial charge is 0.267 e. The number of halogens is 1. The van der Waals surface area contributed by atoms with Gasteiger partial charge in [0.05, 0.1) is 21.5 Å². The van der Waals surface area contributed by atoms with Crippen molar-refractivity contribution in [3.63, 3.8) is 0 Å². The predicted molar refractivity (Wildman–Crippen MR) is 99.9 cm³/mol. The highest BCUT2D eigenvalue weighted by molar-refractivity contribution is 7.89. The Morgan fingerprint density at radius 2 is 1.89 bits per heavy atom. The number of benzene rings is 2. The normalized spacial score (nSPS) is 11.9. The Bertz CT molecular complexity index is 1090. The van der Waals surface area contributed by atoms with Gasteiger partial charge in [0.2, 0.25) is 10.0 Å². The van der Waals surface area contributed by atoms with Crippen molar-refractivity contribution in [3.8, 4) is 0 Å². The lowest BCUT2D eigenvalue weighted by Crippen LogP contribution is -2.31. The second kappa shape index (κ2) is 7.45. The number of nitrogens with one attached hydrogen (secondary N) is 1. The highest BCUT2D eigenvalue weighted by Gasteiger charge is 2.24. The molecule has 0 fully saturated rings. The first-order chi connectivity index (χ1) is 12.9. The minimum atomic E-state index is -3.80. The third kappa shape index (κ3) is 3.56. The topological polar surface area (TPSA) is 84.3 Å². The van der Waals surface area contributed by atoms with Crippen molar-refractivity contribution < 1.29 is 17.6 Å². The molecule has 0 unspecified atom stereocenters. The van der Waals surface area contributed by atoms with Crippen molar-refractivity contribution in [2.75, 3.05) is 18.5 Å². The number of fused-ring (bicyclic) bond motifs is 1. The van der Waals surface area contributed by atoms with Crippen molar-refractivity contribution >= 4 is 27.0 Å². The second-order valence-corrected chi connectivity index (χ2v) is 7.71. The van der Waals surface area contributed by atoms with Crippen LogP contribution in [0.15, 0.2) is 53.7 Å².